The molecule has 0 bridgehead atoms. The maximum atomic E-state index is 12.1. The van der Waals surface area contributed by atoms with Gasteiger partial charge in [-0.3, -0.25) is 13.8 Å². The van der Waals surface area contributed by atoms with E-state index in [2.05, 4.69) is 5.32 Å². The van der Waals surface area contributed by atoms with Gasteiger partial charge in [0, 0.05) is 34.9 Å². The van der Waals surface area contributed by atoms with Crippen molar-refractivity contribution >= 4 is 22.7 Å². The third kappa shape index (κ3) is 6.39. The van der Waals surface area contributed by atoms with E-state index >= 15 is 0 Å². The summed E-state index contributed by atoms with van der Waals surface area (Å²) in [6, 6.07) is 6.90. The maximum Gasteiger partial charge on any atom is 0.308 e. The molecule has 0 fully saturated rings. The van der Waals surface area contributed by atoms with Gasteiger partial charge in [0.05, 0.1) is 5.92 Å². The lowest BCUT2D eigenvalue weighted by Gasteiger charge is -2.15. The zero-order valence-electron chi connectivity index (χ0n) is 13.2. The number of rotatable bonds is 8. The molecule has 6 heteroatoms. The van der Waals surface area contributed by atoms with Gasteiger partial charge in [0.25, 0.3) is 5.91 Å². The average Bonchev–Trinajstić information content (AvgIpc) is 2.42. The van der Waals surface area contributed by atoms with Crippen LogP contribution in [0.2, 0.25) is 0 Å². The molecule has 1 aromatic rings. The Morgan fingerprint density at radius 2 is 2.00 bits per heavy atom. The molecule has 0 saturated heterocycles. The summed E-state index contributed by atoms with van der Waals surface area (Å²) in [4.78, 5) is 23.3. The van der Waals surface area contributed by atoms with Gasteiger partial charge in [0.2, 0.25) is 0 Å². The molecule has 0 aromatic heterocycles. The van der Waals surface area contributed by atoms with Crippen molar-refractivity contribution in [1.82, 2.24) is 5.32 Å². The number of carbonyl (C=O) groups excluding carboxylic acids is 1. The van der Waals surface area contributed by atoms with Gasteiger partial charge in [0.1, 0.15) is 0 Å². The second-order valence-electron chi connectivity index (χ2n) is 5.79. The molecule has 1 aromatic carbocycles. The minimum atomic E-state index is -0.971. The van der Waals surface area contributed by atoms with Crippen LogP contribution in [0.4, 0.5) is 0 Å². The summed E-state index contributed by atoms with van der Waals surface area (Å²) in [7, 11) is -0.971. The molecular weight excluding hydrogens is 302 g/mol. The van der Waals surface area contributed by atoms with Gasteiger partial charge in [-0.15, -0.1) is 0 Å². The number of carbonyl (C=O) groups is 2. The molecule has 0 aliphatic rings. The molecule has 0 aliphatic heterocycles. The van der Waals surface area contributed by atoms with Crippen molar-refractivity contribution in [2.45, 2.75) is 26.0 Å². The molecule has 2 atom stereocenters. The van der Waals surface area contributed by atoms with Gasteiger partial charge in [-0.25, -0.2) is 0 Å². The van der Waals surface area contributed by atoms with Crippen molar-refractivity contribution in [3.8, 4) is 0 Å². The lowest BCUT2D eigenvalue weighted by Crippen LogP contribution is -2.33. The highest BCUT2D eigenvalue weighted by Crippen LogP contribution is 2.12. The van der Waals surface area contributed by atoms with Gasteiger partial charge in [0.15, 0.2) is 0 Å². The van der Waals surface area contributed by atoms with E-state index < -0.39 is 22.7 Å². The van der Waals surface area contributed by atoms with Crippen molar-refractivity contribution in [2.75, 3.05) is 12.8 Å². The quantitative estimate of drug-likeness (QED) is 0.766. The second kappa shape index (κ2) is 8.68. The molecule has 1 amide bonds. The molecule has 2 unspecified atom stereocenters. The number of hydrogen-bond donors (Lipinski definition) is 2. The van der Waals surface area contributed by atoms with Crippen LogP contribution in [-0.4, -0.2) is 34.0 Å². The summed E-state index contributed by atoms with van der Waals surface area (Å²) in [6.45, 7) is 4.01. The topological polar surface area (TPSA) is 83.5 Å². The fraction of sp³-hybridized carbons (Fsp3) is 0.500. The lowest BCUT2D eigenvalue weighted by molar-refractivity contribution is -0.142. The molecule has 0 heterocycles. The van der Waals surface area contributed by atoms with E-state index in [1.165, 1.54) is 0 Å². The summed E-state index contributed by atoms with van der Waals surface area (Å²) in [5.74, 6) is -1.15. The zero-order chi connectivity index (χ0) is 16.7. The number of aliphatic carboxylic acids is 1. The SMILES string of the molecule is CC(C)CC(CNC(=O)c1cccc(CS(C)=O)c1)C(=O)O. The van der Waals surface area contributed by atoms with Crippen molar-refractivity contribution in [3.63, 3.8) is 0 Å². The Morgan fingerprint density at radius 1 is 1.32 bits per heavy atom. The number of carboxylic acids is 1. The highest BCUT2D eigenvalue weighted by molar-refractivity contribution is 7.83. The molecule has 0 radical (unpaired) electrons. The van der Waals surface area contributed by atoms with E-state index in [0.29, 0.717) is 17.7 Å². The highest BCUT2D eigenvalue weighted by Gasteiger charge is 2.20. The summed E-state index contributed by atoms with van der Waals surface area (Å²) < 4.78 is 11.2. The van der Waals surface area contributed by atoms with Crippen molar-refractivity contribution in [1.29, 1.82) is 0 Å². The summed E-state index contributed by atoms with van der Waals surface area (Å²) in [5.41, 5.74) is 1.28. The largest absolute Gasteiger partial charge is 0.481 e. The predicted octanol–water partition coefficient (Wildman–Crippen LogP) is 2.04. The van der Waals surface area contributed by atoms with Crippen LogP contribution in [0, 0.1) is 11.8 Å². The van der Waals surface area contributed by atoms with Crippen LogP contribution in [0.25, 0.3) is 0 Å². The third-order valence-corrected chi connectivity index (χ3v) is 3.91. The van der Waals surface area contributed by atoms with E-state index in [1.54, 1.807) is 24.5 Å². The van der Waals surface area contributed by atoms with Crippen molar-refractivity contribution in [2.24, 2.45) is 11.8 Å². The van der Waals surface area contributed by atoms with E-state index in [9.17, 15) is 13.8 Å². The third-order valence-electron chi connectivity index (χ3n) is 3.17. The van der Waals surface area contributed by atoms with E-state index in [0.717, 1.165) is 5.56 Å². The minimum Gasteiger partial charge on any atom is -0.481 e. The van der Waals surface area contributed by atoms with Crippen LogP contribution in [0.15, 0.2) is 24.3 Å². The highest BCUT2D eigenvalue weighted by atomic mass is 32.2. The first-order valence-electron chi connectivity index (χ1n) is 7.19. The molecule has 0 spiro atoms. The number of benzene rings is 1. The Labute approximate surface area is 133 Å². The average molecular weight is 325 g/mol. The van der Waals surface area contributed by atoms with E-state index in [-0.39, 0.29) is 18.4 Å². The molecule has 0 aliphatic carbocycles. The normalized spacial score (nSPS) is 13.6. The molecule has 122 valence electrons. The van der Waals surface area contributed by atoms with E-state index in [1.807, 2.05) is 19.9 Å². The number of amides is 1. The Balaban J connectivity index is 2.68. The molecule has 1 rings (SSSR count). The molecule has 0 saturated carbocycles. The lowest BCUT2D eigenvalue weighted by atomic mass is 9.97. The van der Waals surface area contributed by atoms with Crippen LogP contribution in [0.1, 0.15) is 36.2 Å². The van der Waals surface area contributed by atoms with Crippen LogP contribution in [0.3, 0.4) is 0 Å². The molecule has 2 N–H and O–H groups in total. The van der Waals surface area contributed by atoms with E-state index in [4.69, 9.17) is 5.11 Å². The Kier molecular flexibility index (Phi) is 7.24. The minimum absolute atomic E-state index is 0.107. The van der Waals surface area contributed by atoms with Gasteiger partial charge < -0.3 is 10.4 Å². The summed E-state index contributed by atoms with van der Waals surface area (Å²) in [5, 5.41) is 11.8. The first kappa shape index (κ1) is 18.4. The van der Waals surface area contributed by atoms with Gasteiger partial charge in [-0.1, -0.05) is 26.0 Å². The smallest absolute Gasteiger partial charge is 0.308 e. The molecule has 22 heavy (non-hydrogen) atoms. The summed E-state index contributed by atoms with van der Waals surface area (Å²) in [6.07, 6.45) is 2.13. The zero-order valence-corrected chi connectivity index (χ0v) is 14.0. The summed E-state index contributed by atoms with van der Waals surface area (Å²) >= 11 is 0. The Hall–Kier alpha value is -1.69. The van der Waals surface area contributed by atoms with Gasteiger partial charge in [-0.2, -0.15) is 0 Å². The second-order valence-corrected chi connectivity index (χ2v) is 7.23. The van der Waals surface area contributed by atoms with Crippen LogP contribution in [0.5, 0.6) is 0 Å². The predicted molar refractivity (Wildman–Crippen MR) is 87.1 cm³/mol. The molecule has 5 nitrogen and oxygen atoms in total. The standard InChI is InChI=1S/C16H23NO4S/c1-11(2)7-14(16(19)20)9-17-15(18)13-6-4-5-12(8-13)10-22(3)21/h4-6,8,11,14H,7,9-10H2,1-3H3,(H,17,18)(H,19,20). The number of carboxylic acid groups (broad SMARTS) is 1. The maximum absolute atomic E-state index is 12.1. The Bertz CT molecular complexity index is 557. The van der Waals surface area contributed by atoms with Crippen molar-refractivity contribution < 1.29 is 18.9 Å². The Morgan fingerprint density at radius 3 is 2.55 bits per heavy atom. The first-order chi connectivity index (χ1) is 10.3. The van der Waals surface area contributed by atoms with Crippen molar-refractivity contribution in [3.05, 3.63) is 35.4 Å². The van der Waals surface area contributed by atoms with Gasteiger partial charge >= 0.3 is 5.97 Å². The number of hydrogen-bond acceptors (Lipinski definition) is 3. The molecular formula is C16H23NO4S. The van der Waals surface area contributed by atoms with Crippen LogP contribution >= 0.6 is 0 Å². The van der Waals surface area contributed by atoms with Crippen LogP contribution < -0.4 is 5.32 Å². The monoisotopic (exact) mass is 325 g/mol. The fourth-order valence-corrected chi connectivity index (χ4v) is 2.84. The fourth-order valence-electron chi connectivity index (χ4n) is 2.20. The van der Waals surface area contributed by atoms with Gasteiger partial charge in [-0.05, 0) is 30.0 Å². The first-order valence-corrected chi connectivity index (χ1v) is 8.92. The number of nitrogens with one attached hydrogen (secondary N) is 1. The van der Waals surface area contributed by atoms with Crippen LogP contribution in [-0.2, 0) is 21.3 Å².